The van der Waals surface area contributed by atoms with Gasteiger partial charge in [0, 0.05) is 23.2 Å². The smallest absolute Gasteiger partial charge is 0.228 e. The quantitative estimate of drug-likeness (QED) is 0.680. The monoisotopic (exact) mass is 382 g/mol. The highest BCUT2D eigenvalue weighted by atomic mass is 35.5. The number of hydrogen-bond acceptors (Lipinski definition) is 4. The lowest BCUT2D eigenvalue weighted by atomic mass is 10.1. The van der Waals surface area contributed by atoms with E-state index in [1.54, 1.807) is 0 Å². The van der Waals surface area contributed by atoms with E-state index in [2.05, 4.69) is 5.16 Å². The van der Waals surface area contributed by atoms with Gasteiger partial charge in [-0.3, -0.25) is 4.79 Å². The Morgan fingerprint density at radius 2 is 2.00 bits per heavy atom. The third-order valence-electron chi connectivity index (χ3n) is 4.59. The summed E-state index contributed by atoms with van der Waals surface area (Å²) in [7, 11) is 0. The molecule has 1 atom stereocenters. The Morgan fingerprint density at radius 1 is 1.15 bits per heavy atom. The van der Waals surface area contributed by atoms with Crippen molar-refractivity contribution in [2.45, 2.75) is 12.5 Å². The van der Waals surface area contributed by atoms with Crippen LogP contribution in [0.1, 0.15) is 17.4 Å². The van der Waals surface area contributed by atoms with Crippen LogP contribution in [0.3, 0.4) is 0 Å². The van der Waals surface area contributed by atoms with E-state index in [4.69, 9.17) is 20.9 Å². The number of carbonyl (C=O) groups is 1. The molecule has 3 aromatic rings. The Labute approximate surface area is 162 Å². The van der Waals surface area contributed by atoms with Crippen LogP contribution in [0.15, 0.2) is 65.2 Å². The maximum atomic E-state index is 12.7. The Morgan fingerprint density at radius 3 is 2.81 bits per heavy atom. The molecule has 0 aliphatic carbocycles. The van der Waals surface area contributed by atoms with E-state index in [1.165, 1.54) is 0 Å². The van der Waals surface area contributed by atoms with Gasteiger partial charge in [-0.1, -0.05) is 59.2 Å². The molecule has 1 amide bonds. The van der Waals surface area contributed by atoms with Crippen LogP contribution >= 0.6 is 11.6 Å². The number of halogens is 1. The van der Waals surface area contributed by atoms with Gasteiger partial charge < -0.3 is 14.2 Å². The molecule has 1 aliphatic heterocycles. The molecule has 0 N–H and O–H groups in total. The molecule has 0 saturated carbocycles. The fourth-order valence-electron chi connectivity index (χ4n) is 3.18. The van der Waals surface area contributed by atoms with E-state index < -0.39 is 0 Å². The third kappa shape index (κ3) is 4.21. The lowest BCUT2D eigenvalue weighted by molar-refractivity contribution is -0.138. The second-order valence-electron chi connectivity index (χ2n) is 6.48. The van der Waals surface area contributed by atoms with Crippen molar-refractivity contribution >= 4 is 17.5 Å². The number of benzene rings is 2. The maximum Gasteiger partial charge on any atom is 0.228 e. The Kier molecular flexibility index (Phi) is 5.23. The second-order valence-corrected chi connectivity index (χ2v) is 6.92. The number of carbonyl (C=O) groups excluding carboxylic acids is 1. The van der Waals surface area contributed by atoms with Gasteiger partial charge in [-0.25, -0.2) is 0 Å². The first kappa shape index (κ1) is 17.8. The van der Waals surface area contributed by atoms with Gasteiger partial charge in [-0.05, 0) is 17.7 Å². The van der Waals surface area contributed by atoms with Gasteiger partial charge in [-0.15, -0.1) is 0 Å². The lowest BCUT2D eigenvalue weighted by Gasteiger charge is -2.33. The van der Waals surface area contributed by atoms with Crippen LogP contribution < -0.4 is 0 Å². The number of aromatic nitrogens is 1. The largest absolute Gasteiger partial charge is 0.370 e. The molecule has 1 aromatic heterocycles. The van der Waals surface area contributed by atoms with E-state index in [0.29, 0.717) is 36.2 Å². The molecule has 2 heterocycles. The normalized spacial score (nSPS) is 17.1. The summed E-state index contributed by atoms with van der Waals surface area (Å²) in [6, 6.07) is 19.1. The van der Waals surface area contributed by atoms with Gasteiger partial charge in [0.2, 0.25) is 5.91 Å². The first-order valence-corrected chi connectivity index (χ1v) is 9.23. The molecular formula is C21H19ClN2O3. The van der Waals surface area contributed by atoms with Crippen LogP contribution in [-0.2, 0) is 16.0 Å². The number of amides is 1. The van der Waals surface area contributed by atoms with Crippen molar-refractivity contribution < 1.29 is 14.1 Å². The van der Waals surface area contributed by atoms with E-state index >= 15 is 0 Å². The van der Waals surface area contributed by atoms with Crippen LogP contribution in [0.5, 0.6) is 0 Å². The minimum Gasteiger partial charge on any atom is -0.370 e. The molecule has 4 rings (SSSR count). The standard InChI is InChI=1S/C21H19ClN2O3/c22-17-8-4-7-16(11-17)20-14-24(9-10-26-20)21(25)13-18-12-19(27-23-18)15-5-2-1-3-6-15/h1-8,11-12,20H,9-10,13-14H2. The van der Waals surface area contributed by atoms with E-state index in [9.17, 15) is 4.79 Å². The molecule has 1 fully saturated rings. The van der Waals surface area contributed by atoms with Gasteiger partial charge in [0.05, 0.1) is 25.3 Å². The zero-order chi connectivity index (χ0) is 18.6. The predicted molar refractivity (Wildman–Crippen MR) is 102 cm³/mol. The first-order valence-electron chi connectivity index (χ1n) is 8.85. The van der Waals surface area contributed by atoms with Gasteiger partial charge in [0.15, 0.2) is 5.76 Å². The Hall–Kier alpha value is -2.63. The molecule has 138 valence electrons. The SMILES string of the molecule is O=C(Cc1cc(-c2ccccc2)on1)N1CCOC(c2cccc(Cl)c2)C1. The Bertz CT molecular complexity index is 926. The van der Waals surface area contributed by atoms with Crippen LogP contribution in [-0.4, -0.2) is 35.7 Å². The molecule has 0 bridgehead atoms. The van der Waals surface area contributed by atoms with Gasteiger partial charge >= 0.3 is 0 Å². The lowest BCUT2D eigenvalue weighted by Crippen LogP contribution is -2.43. The molecule has 0 radical (unpaired) electrons. The van der Waals surface area contributed by atoms with Crippen molar-refractivity contribution in [1.29, 1.82) is 0 Å². The molecule has 1 unspecified atom stereocenters. The second kappa shape index (κ2) is 7.94. The first-order chi connectivity index (χ1) is 13.2. The molecule has 1 aliphatic rings. The number of hydrogen-bond donors (Lipinski definition) is 0. The summed E-state index contributed by atoms with van der Waals surface area (Å²) in [6.45, 7) is 1.57. The fourth-order valence-corrected chi connectivity index (χ4v) is 3.38. The minimum atomic E-state index is -0.168. The Balaban J connectivity index is 1.42. The molecular weight excluding hydrogens is 364 g/mol. The molecule has 27 heavy (non-hydrogen) atoms. The maximum absolute atomic E-state index is 12.7. The number of nitrogens with zero attached hydrogens (tertiary/aromatic N) is 2. The minimum absolute atomic E-state index is 0.0123. The summed E-state index contributed by atoms with van der Waals surface area (Å²) >= 11 is 6.07. The fraction of sp³-hybridized carbons (Fsp3) is 0.238. The van der Waals surface area contributed by atoms with Gasteiger partial charge in [-0.2, -0.15) is 0 Å². The van der Waals surface area contributed by atoms with Gasteiger partial charge in [0.25, 0.3) is 0 Å². The van der Waals surface area contributed by atoms with Crippen molar-refractivity contribution in [2.75, 3.05) is 19.7 Å². The molecule has 1 saturated heterocycles. The van der Waals surface area contributed by atoms with Crippen molar-refractivity contribution in [3.8, 4) is 11.3 Å². The summed E-state index contributed by atoms with van der Waals surface area (Å²) in [5.74, 6) is 0.676. The van der Waals surface area contributed by atoms with Crippen LogP contribution in [0.4, 0.5) is 0 Å². The number of morpholine rings is 1. The molecule has 6 heteroatoms. The zero-order valence-electron chi connectivity index (χ0n) is 14.7. The molecule has 2 aromatic carbocycles. The van der Waals surface area contributed by atoms with Crippen LogP contribution in [0, 0.1) is 0 Å². The highest BCUT2D eigenvalue weighted by molar-refractivity contribution is 6.30. The van der Waals surface area contributed by atoms with Crippen molar-refractivity contribution in [3.63, 3.8) is 0 Å². The van der Waals surface area contributed by atoms with Gasteiger partial charge in [0.1, 0.15) is 6.10 Å². The summed E-state index contributed by atoms with van der Waals surface area (Å²) in [4.78, 5) is 14.5. The summed E-state index contributed by atoms with van der Waals surface area (Å²) in [5.41, 5.74) is 2.55. The predicted octanol–water partition coefficient (Wildman–Crippen LogP) is 4.14. The van der Waals surface area contributed by atoms with E-state index in [-0.39, 0.29) is 18.4 Å². The van der Waals surface area contributed by atoms with E-state index in [0.717, 1.165) is 11.1 Å². The van der Waals surface area contributed by atoms with Crippen LogP contribution in [0.2, 0.25) is 5.02 Å². The number of rotatable bonds is 4. The van der Waals surface area contributed by atoms with Crippen LogP contribution in [0.25, 0.3) is 11.3 Å². The average molecular weight is 383 g/mol. The average Bonchev–Trinajstić information content (AvgIpc) is 3.17. The van der Waals surface area contributed by atoms with Crippen molar-refractivity contribution in [3.05, 3.63) is 76.9 Å². The summed E-state index contributed by atoms with van der Waals surface area (Å²) in [5, 5.41) is 4.71. The highest BCUT2D eigenvalue weighted by Crippen LogP contribution is 2.25. The topological polar surface area (TPSA) is 55.6 Å². The molecule has 0 spiro atoms. The summed E-state index contributed by atoms with van der Waals surface area (Å²) in [6.07, 6.45) is 0.0390. The van der Waals surface area contributed by atoms with E-state index in [1.807, 2.05) is 65.6 Å². The van der Waals surface area contributed by atoms with Crippen molar-refractivity contribution in [1.82, 2.24) is 10.1 Å². The van der Waals surface area contributed by atoms with Crippen molar-refractivity contribution in [2.24, 2.45) is 0 Å². The summed E-state index contributed by atoms with van der Waals surface area (Å²) < 4.78 is 11.2. The number of ether oxygens (including phenoxy) is 1. The highest BCUT2D eigenvalue weighted by Gasteiger charge is 2.26. The third-order valence-corrected chi connectivity index (χ3v) is 4.82. The molecule has 5 nitrogen and oxygen atoms in total. The zero-order valence-corrected chi connectivity index (χ0v) is 15.4.